The third-order valence-electron chi connectivity index (χ3n) is 3.40. The number of carbonyl (C=O) groups is 1. The highest BCUT2D eigenvalue weighted by molar-refractivity contribution is 6.42. The molecule has 1 atom stereocenters. The van der Waals surface area contributed by atoms with E-state index in [-0.39, 0.29) is 11.9 Å². The first kappa shape index (κ1) is 18.6. The van der Waals surface area contributed by atoms with Crippen LogP contribution in [0, 0.1) is 12.3 Å². The Morgan fingerprint density at radius 1 is 1.41 bits per heavy atom. The van der Waals surface area contributed by atoms with E-state index >= 15 is 0 Å². The van der Waals surface area contributed by atoms with Crippen molar-refractivity contribution in [2.75, 3.05) is 0 Å². The Labute approximate surface area is 142 Å². The Morgan fingerprint density at radius 2 is 2.09 bits per heavy atom. The summed E-state index contributed by atoms with van der Waals surface area (Å²) in [4.78, 5) is 11.7. The van der Waals surface area contributed by atoms with Crippen molar-refractivity contribution in [3.8, 4) is 12.3 Å². The summed E-state index contributed by atoms with van der Waals surface area (Å²) in [5, 5.41) is 0.953. The summed E-state index contributed by atoms with van der Waals surface area (Å²) < 4.78 is 5.33. The summed E-state index contributed by atoms with van der Waals surface area (Å²) in [6.07, 6.45) is 9.97. The van der Waals surface area contributed by atoms with Gasteiger partial charge in [0.1, 0.15) is 5.60 Å². The second kappa shape index (κ2) is 8.27. The van der Waals surface area contributed by atoms with Crippen LogP contribution in [0.3, 0.4) is 0 Å². The molecule has 0 spiro atoms. The van der Waals surface area contributed by atoms with E-state index in [4.69, 9.17) is 34.4 Å². The zero-order chi connectivity index (χ0) is 16.8. The molecule has 1 rings (SSSR count). The number of carbonyl (C=O) groups excluding carboxylic acids is 1. The van der Waals surface area contributed by atoms with Crippen molar-refractivity contribution in [3.63, 3.8) is 0 Å². The van der Waals surface area contributed by atoms with Crippen LogP contribution in [-0.4, -0.2) is 11.6 Å². The lowest BCUT2D eigenvalue weighted by Gasteiger charge is -2.22. The summed E-state index contributed by atoms with van der Waals surface area (Å²) in [5.41, 5.74) is 0.431. The summed E-state index contributed by atoms with van der Waals surface area (Å²) in [6, 6.07) is 5.30. The molecule has 1 aromatic rings. The normalized spacial score (nSPS) is 12.9. The number of terminal acetylenes is 1. The first-order valence-corrected chi connectivity index (χ1v) is 7.85. The van der Waals surface area contributed by atoms with Crippen LogP contribution < -0.4 is 0 Å². The first-order chi connectivity index (χ1) is 10.3. The third-order valence-corrected chi connectivity index (χ3v) is 4.14. The van der Waals surface area contributed by atoms with Crippen molar-refractivity contribution in [2.24, 2.45) is 0 Å². The molecule has 2 nitrogen and oxygen atoms in total. The van der Waals surface area contributed by atoms with Gasteiger partial charge in [-0.15, -0.1) is 6.42 Å². The van der Waals surface area contributed by atoms with Crippen LogP contribution in [0.1, 0.15) is 45.1 Å². The first-order valence-electron chi connectivity index (χ1n) is 7.09. The molecule has 0 bridgehead atoms. The molecule has 0 unspecified atom stereocenters. The number of benzene rings is 1. The maximum atomic E-state index is 11.7. The second-order valence-electron chi connectivity index (χ2n) is 5.57. The van der Waals surface area contributed by atoms with Gasteiger partial charge in [0.05, 0.1) is 10.0 Å². The molecule has 0 aliphatic heterocycles. The second-order valence-corrected chi connectivity index (χ2v) is 6.38. The molecular formula is C18H20Cl2O2. The molecular weight excluding hydrogens is 319 g/mol. The van der Waals surface area contributed by atoms with E-state index in [1.807, 2.05) is 26.8 Å². The maximum Gasteiger partial charge on any atom is 0.330 e. The molecule has 0 aromatic heterocycles. The average molecular weight is 339 g/mol. The lowest BCUT2D eigenvalue weighted by atomic mass is 9.96. The Kier molecular flexibility index (Phi) is 7.00. The molecule has 0 saturated heterocycles. The average Bonchev–Trinajstić information content (AvgIpc) is 2.46. The van der Waals surface area contributed by atoms with Crippen LogP contribution in [-0.2, 0) is 9.53 Å². The van der Waals surface area contributed by atoms with E-state index in [1.54, 1.807) is 18.2 Å². The highest BCUT2D eigenvalue weighted by Crippen LogP contribution is 2.28. The Balaban J connectivity index is 2.68. The molecule has 0 N–H and O–H groups in total. The molecule has 0 radical (unpaired) electrons. The Bertz CT molecular complexity index is 598. The quantitative estimate of drug-likeness (QED) is 0.395. The molecule has 0 saturated carbocycles. The number of hydrogen-bond acceptors (Lipinski definition) is 2. The van der Waals surface area contributed by atoms with Crippen LogP contribution in [0.2, 0.25) is 10.0 Å². The van der Waals surface area contributed by atoms with Crippen LogP contribution in [0.4, 0.5) is 0 Å². The van der Waals surface area contributed by atoms with Crippen LogP contribution >= 0.6 is 23.2 Å². The van der Waals surface area contributed by atoms with E-state index in [2.05, 4.69) is 5.92 Å². The number of halogens is 2. The lowest BCUT2D eigenvalue weighted by molar-refractivity contribution is -0.150. The number of rotatable bonds is 6. The zero-order valence-electron chi connectivity index (χ0n) is 13.0. The molecule has 4 heteroatoms. The summed E-state index contributed by atoms with van der Waals surface area (Å²) in [7, 11) is 0. The van der Waals surface area contributed by atoms with Crippen LogP contribution in [0.15, 0.2) is 30.4 Å². The molecule has 0 amide bonds. The van der Waals surface area contributed by atoms with Crippen LogP contribution in [0.25, 0.3) is 0 Å². The van der Waals surface area contributed by atoms with E-state index < -0.39 is 5.60 Å². The minimum absolute atomic E-state index is 0.169. The van der Waals surface area contributed by atoms with Gasteiger partial charge in [-0.2, -0.15) is 0 Å². The minimum Gasteiger partial charge on any atom is -0.457 e. The van der Waals surface area contributed by atoms with Crippen molar-refractivity contribution < 1.29 is 9.53 Å². The van der Waals surface area contributed by atoms with Crippen molar-refractivity contribution in [3.05, 3.63) is 46.0 Å². The number of allylic oxidation sites excluding steroid dienone is 1. The maximum absolute atomic E-state index is 11.7. The number of hydrogen-bond donors (Lipinski definition) is 0. The highest BCUT2D eigenvalue weighted by atomic mass is 35.5. The van der Waals surface area contributed by atoms with Crippen LogP contribution in [0.5, 0.6) is 0 Å². The molecule has 118 valence electrons. The van der Waals surface area contributed by atoms with Crippen molar-refractivity contribution >= 4 is 29.2 Å². The standard InChI is InChI=1S/C18H20Cl2O2/c1-5-13(14-10-11-15(19)16(20)12-14)8-7-9-17(21)22-18(3,4)6-2/h1,7,9-13H,6,8H2,2-4H3/b9-7+/t13-/m0/s1. The molecule has 0 aliphatic rings. The highest BCUT2D eigenvalue weighted by Gasteiger charge is 2.18. The summed E-state index contributed by atoms with van der Waals surface area (Å²) in [5.74, 6) is 2.16. The fourth-order valence-electron chi connectivity index (χ4n) is 1.71. The topological polar surface area (TPSA) is 26.3 Å². The predicted octanol–water partition coefficient (Wildman–Crippen LogP) is 5.39. The van der Waals surface area contributed by atoms with Crippen molar-refractivity contribution in [2.45, 2.75) is 45.1 Å². The van der Waals surface area contributed by atoms with Gasteiger partial charge < -0.3 is 4.74 Å². The monoisotopic (exact) mass is 338 g/mol. The number of ether oxygens (including phenoxy) is 1. The summed E-state index contributed by atoms with van der Waals surface area (Å²) in [6.45, 7) is 5.72. The fraction of sp³-hybridized carbons (Fsp3) is 0.389. The predicted molar refractivity (Wildman–Crippen MR) is 92.3 cm³/mol. The lowest BCUT2D eigenvalue weighted by Crippen LogP contribution is -2.25. The fourth-order valence-corrected chi connectivity index (χ4v) is 2.01. The van der Waals surface area contributed by atoms with E-state index in [0.29, 0.717) is 16.5 Å². The Hall–Kier alpha value is -1.43. The van der Waals surface area contributed by atoms with Crippen molar-refractivity contribution in [1.29, 1.82) is 0 Å². The van der Waals surface area contributed by atoms with Crippen molar-refractivity contribution in [1.82, 2.24) is 0 Å². The molecule has 1 aromatic carbocycles. The molecule has 22 heavy (non-hydrogen) atoms. The largest absolute Gasteiger partial charge is 0.457 e. The van der Waals surface area contributed by atoms with Gasteiger partial charge in [0.15, 0.2) is 0 Å². The van der Waals surface area contributed by atoms with Gasteiger partial charge in [0.2, 0.25) is 0 Å². The zero-order valence-corrected chi connectivity index (χ0v) is 14.5. The van der Waals surface area contributed by atoms with Gasteiger partial charge in [0, 0.05) is 12.0 Å². The van der Waals surface area contributed by atoms with Gasteiger partial charge in [0.25, 0.3) is 0 Å². The van der Waals surface area contributed by atoms with E-state index in [0.717, 1.165) is 12.0 Å². The Morgan fingerprint density at radius 3 is 2.64 bits per heavy atom. The SMILES string of the molecule is C#C[C@@H](C/C=C/C(=O)OC(C)(C)CC)c1ccc(Cl)c(Cl)c1. The van der Waals surface area contributed by atoms with E-state index in [9.17, 15) is 4.79 Å². The van der Waals surface area contributed by atoms with Gasteiger partial charge in [-0.05, 0) is 44.4 Å². The smallest absolute Gasteiger partial charge is 0.330 e. The third kappa shape index (κ3) is 5.75. The minimum atomic E-state index is -0.462. The van der Waals surface area contributed by atoms with Gasteiger partial charge in [-0.1, -0.05) is 48.2 Å². The molecule has 0 fully saturated rings. The molecule has 0 aliphatic carbocycles. The van der Waals surface area contributed by atoms with Gasteiger partial charge in [-0.3, -0.25) is 0 Å². The van der Waals surface area contributed by atoms with Gasteiger partial charge in [-0.25, -0.2) is 4.79 Å². The van der Waals surface area contributed by atoms with Gasteiger partial charge >= 0.3 is 5.97 Å². The molecule has 0 heterocycles. The summed E-state index contributed by atoms with van der Waals surface area (Å²) >= 11 is 11.9. The number of esters is 1. The van der Waals surface area contributed by atoms with E-state index in [1.165, 1.54) is 6.08 Å².